The maximum Gasteiger partial charge on any atom is 0.126 e. The fraction of sp³-hybridized carbons (Fsp3) is 0.538. The highest BCUT2D eigenvalue weighted by Crippen LogP contribution is 2.24. The van der Waals surface area contributed by atoms with Crippen molar-refractivity contribution in [2.75, 3.05) is 13.2 Å². The molecule has 0 radical (unpaired) electrons. The minimum atomic E-state index is -0.548. The van der Waals surface area contributed by atoms with Gasteiger partial charge in [-0.25, -0.2) is 8.78 Å². The quantitative estimate of drug-likeness (QED) is 0.863. The second-order valence-corrected chi connectivity index (χ2v) is 4.78. The maximum absolute atomic E-state index is 13.1. The van der Waals surface area contributed by atoms with E-state index in [1.54, 1.807) is 0 Å². The summed E-state index contributed by atoms with van der Waals surface area (Å²) in [5, 5.41) is 0. The Hall–Kier alpha value is -1.00. The molecule has 17 heavy (non-hydrogen) atoms. The van der Waals surface area contributed by atoms with E-state index in [-0.39, 0.29) is 0 Å². The van der Waals surface area contributed by atoms with E-state index in [9.17, 15) is 8.78 Å². The lowest BCUT2D eigenvalue weighted by Crippen LogP contribution is -2.42. The van der Waals surface area contributed by atoms with Crippen molar-refractivity contribution >= 4 is 0 Å². The number of benzene rings is 1. The molecule has 0 saturated carbocycles. The molecular weight excluding hydrogens is 224 g/mol. The van der Waals surface area contributed by atoms with Crippen molar-refractivity contribution in [2.24, 2.45) is 5.73 Å². The summed E-state index contributed by atoms with van der Waals surface area (Å²) >= 11 is 0. The SMILES string of the molecule is NC1(Cc2cc(F)cc(F)c2)CCCOCC1. The Balaban J connectivity index is 2.12. The van der Waals surface area contributed by atoms with Crippen LogP contribution in [0.2, 0.25) is 0 Å². The number of hydrogen-bond acceptors (Lipinski definition) is 2. The molecule has 2 rings (SSSR count). The third kappa shape index (κ3) is 3.48. The second-order valence-electron chi connectivity index (χ2n) is 4.78. The summed E-state index contributed by atoms with van der Waals surface area (Å²) in [5.41, 5.74) is 6.48. The van der Waals surface area contributed by atoms with Crippen molar-refractivity contribution in [2.45, 2.75) is 31.2 Å². The topological polar surface area (TPSA) is 35.2 Å². The van der Waals surface area contributed by atoms with Gasteiger partial charge in [0.25, 0.3) is 0 Å². The molecular formula is C13H17F2NO. The Kier molecular flexibility index (Phi) is 3.74. The van der Waals surface area contributed by atoms with Gasteiger partial charge in [0.1, 0.15) is 11.6 Å². The molecule has 0 aliphatic carbocycles. The molecule has 1 aromatic carbocycles. The van der Waals surface area contributed by atoms with Crippen LogP contribution in [-0.2, 0) is 11.2 Å². The van der Waals surface area contributed by atoms with E-state index in [1.807, 2.05) is 0 Å². The molecule has 1 atom stereocenters. The van der Waals surface area contributed by atoms with Crippen LogP contribution in [0.4, 0.5) is 8.78 Å². The molecule has 1 aliphatic heterocycles. The van der Waals surface area contributed by atoms with E-state index in [0.717, 1.165) is 31.9 Å². The minimum absolute atomic E-state index is 0.406. The van der Waals surface area contributed by atoms with Gasteiger partial charge in [-0.05, 0) is 43.4 Å². The van der Waals surface area contributed by atoms with Crippen LogP contribution in [0.5, 0.6) is 0 Å². The first-order valence-electron chi connectivity index (χ1n) is 5.89. The number of halogens is 2. The van der Waals surface area contributed by atoms with E-state index in [2.05, 4.69) is 0 Å². The lowest BCUT2D eigenvalue weighted by Gasteiger charge is -2.27. The van der Waals surface area contributed by atoms with Crippen molar-refractivity contribution in [1.29, 1.82) is 0 Å². The van der Waals surface area contributed by atoms with Gasteiger partial charge in [0.05, 0.1) is 0 Å². The van der Waals surface area contributed by atoms with E-state index in [1.165, 1.54) is 12.1 Å². The van der Waals surface area contributed by atoms with Crippen LogP contribution in [0.15, 0.2) is 18.2 Å². The number of ether oxygens (including phenoxy) is 1. The van der Waals surface area contributed by atoms with Crippen molar-refractivity contribution in [3.05, 3.63) is 35.4 Å². The maximum atomic E-state index is 13.1. The molecule has 4 heteroatoms. The van der Waals surface area contributed by atoms with E-state index in [4.69, 9.17) is 10.5 Å². The predicted molar refractivity (Wildman–Crippen MR) is 61.7 cm³/mol. The van der Waals surface area contributed by atoms with Gasteiger partial charge in [-0.3, -0.25) is 0 Å². The standard InChI is InChI=1S/C13H17F2NO/c14-11-6-10(7-12(15)8-11)9-13(16)2-1-4-17-5-3-13/h6-8H,1-5,9,16H2. The smallest absolute Gasteiger partial charge is 0.126 e. The molecule has 1 aliphatic rings. The minimum Gasteiger partial charge on any atom is -0.381 e. The summed E-state index contributed by atoms with van der Waals surface area (Å²) in [7, 11) is 0. The fourth-order valence-electron chi connectivity index (χ4n) is 2.33. The Labute approximate surface area is 99.8 Å². The van der Waals surface area contributed by atoms with Gasteiger partial charge < -0.3 is 10.5 Å². The van der Waals surface area contributed by atoms with Crippen LogP contribution in [0.1, 0.15) is 24.8 Å². The third-order valence-corrected chi connectivity index (χ3v) is 3.19. The summed E-state index contributed by atoms with van der Waals surface area (Å²) in [6, 6.07) is 3.58. The Bertz CT molecular complexity index is 367. The van der Waals surface area contributed by atoms with Gasteiger partial charge in [-0.2, -0.15) is 0 Å². The zero-order valence-corrected chi connectivity index (χ0v) is 9.72. The van der Waals surface area contributed by atoms with Crippen LogP contribution in [0.3, 0.4) is 0 Å². The van der Waals surface area contributed by atoms with E-state index < -0.39 is 17.2 Å². The zero-order valence-electron chi connectivity index (χ0n) is 9.72. The van der Waals surface area contributed by atoms with Crippen molar-refractivity contribution in [1.82, 2.24) is 0 Å². The highest BCUT2D eigenvalue weighted by Gasteiger charge is 2.27. The molecule has 0 spiro atoms. The predicted octanol–water partition coefficient (Wildman–Crippen LogP) is 2.41. The normalized spacial score (nSPS) is 25.6. The van der Waals surface area contributed by atoms with Crippen molar-refractivity contribution in [3.8, 4) is 0 Å². The molecule has 0 bridgehead atoms. The molecule has 0 aromatic heterocycles. The van der Waals surface area contributed by atoms with Crippen molar-refractivity contribution < 1.29 is 13.5 Å². The van der Waals surface area contributed by atoms with Crippen LogP contribution in [-0.4, -0.2) is 18.8 Å². The zero-order chi connectivity index (χ0) is 12.3. The highest BCUT2D eigenvalue weighted by atomic mass is 19.1. The monoisotopic (exact) mass is 241 g/mol. The van der Waals surface area contributed by atoms with Gasteiger partial charge in [0.2, 0.25) is 0 Å². The molecule has 2 nitrogen and oxygen atoms in total. The largest absolute Gasteiger partial charge is 0.381 e. The summed E-state index contributed by atoms with van der Waals surface area (Å²) in [6.45, 7) is 1.34. The van der Waals surface area contributed by atoms with Crippen LogP contribution in [0.25, 0.3) is 0 Å². The molecule has 1 fully saturated rings. The first kappa shape index (κ1) is 12.5. The Morgan fingerprint density at radius 1 is 1.12 bits per heavy atom. The first-order chi connectivity index (χ1) is 8.07. The van der Waals surface area contributed by atoms with Crippen LogP contribution >= 0.6 is 0 Å². The van der Waals surface area contributed by atoms with Crippen LogP contribution in [0, 0.1) is 11.6 Å². The Morgan fingerprint density at radius 3 is 2.53 bits per heavy atom. The summed E-state index contributed by atoms with van der Waals surface area (Å²) in [4.78, 5) is 0. The third-order valence-electron chi connectivity index (χ3n) is 3.19. The van der Waals surface area contributed by atoms with Gasteiger partial charge >= 0.3 is 0 Å². The molecule has 1 heterocycles. The molecule has 1 unspecified atom stereocenters. The van der Waals surface area contributed by atoms with Crippen LogP contribution < -0.4 is 5.73 Å². The molecule has 1 saturated heterocycles. The highest BCUT2D eigenvalue weighted by molar-refractivity contribution is 5.20. The van der Waals surface area contributed by atoms with Crippen molar-refractivity contribution in [3.63, 3.8) is 0 Å². The average molecular weight is 241 g/mol. The second kappa shape index (κ2) is 5.10. The summed E-state index contributed by atoms with van der Waals surface area (Å²) in [6.07, 6.45) is 2.94. The average Bonchev–Trinajstić information content (AvgIpc) is 2.41. The van der Waals surface area contributed by atoms with E-state index in [0.29, 0.717) is 18.6 Å². The van der Waals surface area contributed by atoms with Gasteiger partial charge in [0.15, 0.2) is 0 Å². The molecule has 2 N–H and O–H groups in total. The molecule has 1 aromatic rings. The number of hydrogen-bond donors (Lipinski definition) is 1. The van der Waals surface area contributed by atoms with Gasteiger partial charge in [0, 0.05) is 24.8 Å². The summed E-state index contributed by atoms with van der Waals surface area (Å²) in [5.74, 6) is -1.10. The fourth-order valence-corrected chi connectivity index (χ4v) is 2.33. The molecule has 0 amide bonds. The number of rotatable bonds is 2. The summed E-state index contributed by atoms with van der Waals surface area (Å²) < 4.78 is 31.5. The lowest BCUT2D eigenvalue weighted by molar-refractivity contribution is 0.139. The van der Waals surface area contributed by atoms with Gasteiger partial charge in [-0.15, -0.1) is 0 Å². The molecule has 94 valence electrons. The Morgan fingerprint density at radius 2 is 1.82 bits per heavy atom. The first-order valence-corrected chi connectivity index (χ1v) is 5.89. The lowest BCUT2D eigenvalue weighted by atomic mass is 9.85. The van der Waals surface area contributed by atoms with Gasteiger partial charge in [-0.1, -0.05) is 0 Å². The number of nitrogens with two attached hydrogens (primary N) is 1. The van der Waals surface area contributed by atoms with E-state index >= 15 is 0 Å².